The van der Waals surface area contributed by atoms with E-state index < -0.39 is 0 Å². The smallest absolute Gasteiger partial charge is 0.223 e. The molecule has 1 aromatic rings. The highest BCUT2D eigenvalue weighted by atomic mass is 16.1. The Kier molecular flexibility index (Phi) is 6.33. The van der Waals surface area contributed by atoms with Crippen molar-refractivity contribution in [3.8, 4) is 0 Å². The van der Waals surface area contributed by atoms with Gasteiger partial charge in [-0.15, -0.1) is 0 Å². The van der Waals surface area contributed by atoms with Gasteiger partial charge >= 0.3 is 0 Å². The largest absolute Gasteiger partial charge is 0.357 e. The van der Waals surface area contributed by atoms with Crippen molar-refractivity contribution in [2.45, 2.75) is 40.7 Å². The molecule has 1 N–H and O–H groups in total. The summed E-state index contributed by atoms with van der Waals surface area (Å²) in [6.07, 6.45) is 2.70. The van der Waals surface area contributed by atoms with Gasteiger partial charge in [-0.3, -0.25) is 4.79 Å². The maximum atomic E-state index is 11.7. The predicted octanol–water partition coefficient (Wildman–Crippen LogP) is 2.59. The Hall–Kier alpha value is -1.58. The number of nitrogens with one attached hydrogen (secondary N) is 1. The van der Waals surface area contributed by atoms with Crippen molar-refractivity contribution in [3.05, 3.63) is 23.9 Å². The molecule has 0 aliphatic heterocycles. The van der Waals surface area contributed by atoms with Gasteiger partial charge in [0.1, 0.15) is 5.82 Å². The van der Waals surface area contributed by atoms with Crippen LogP contribution in [0.2, 0.25) is 0 Å². The molecule has 106 valence electrons. The van der Waals surface area contributed by atoms with E-state index >= 15 is 0 Å². The Morgan fingerprint density at radius 2 is 2.00 bits per heavy atom. The summed E-state index contributed by atoms with van der Waals surface area (Å²) in [6, 6.07) is 4.04. The van der Waals surface area contributed by atoms with Crippen LogP contribution in [-0.4, -0.2) is 24.0 Å². The summed E-state index contributed by atoms with van der Waals surface area (Å²) in [7, 11) is 0. The normalized spacial score (nSPS) is 12.0. The van der Waals surface area contributed by atoms with Gasteiger partial charge in [0.2, 0.25) is 5.91 Å². The van der Waals surface area contributed by atoms with E-state index in [4.69, 9.17) is 0 Å². The van der Waals surface area contributed by atoms with Gasteiger partial charge in [-0.25, -0.2) is 4.98 Å². The van der Waals surface area contributed by atoms with Crippen LogP contribution >= 0.6 is 0 Å². The van der Waals surface area contributed by atoms with Crippen LogP contribution in [0.3, 0.4) is 0 Å². The average Bonchev–Trinajstić information content (AvgIpc) is 2.46. The highest BCUT2D eigenvalue weighted by Crippen LogP contribution is 2.11. The molecule has 0 saturated heterocycles. The van der Waals surface area contributed by atoms with Crippen molar-refractivity contribution >= 4 is 11.7 Å². The number of amides is 1. The lowest BCUT2D eigenvalue weighted by molar-refractivity contribution is -0.124. The number of anilines is 1. The zero-order valence-corrected chi connectivity index (χ0v) is 12.4. The Morgan fingerprint density at radius 3 is 2.47 bits per heavy atom. The summed E-state index contributed by atoms with van der Waals surface area (Å²) in [5.41, 5.74) is 1.03. The highest BCUT2D eigenvalue weighted by Gasteiger charge is 2.09. The van der Waals surface area contributed by atoms with E-state index in [0.29, 0.717) is 6.54 Å². The van der Waals surface area contributed by atoms with Gasteiger partial charge in [0.25, 0.3) is 0 Å². The van der Waals surface area contributed by atoms with Crippen LogP contribution in [-0.2, 0) is 11.3 Å². The molecular weight excluding hydrogens is 238 g/mol. The van der Waals surface area contributed by atoms with Crippen molar-refractivity contribution in [1.29, 1.82) is 0 Å². The first-order valence-electron chi connectivity index (χ1n) is 7.09. The molecule has 0 fully saturated rings. The van der Waals surface area contributed by atoms with Crippen LogP contribution < -0.4 is 10.2 Å². The number of nitrogens with zero attached hydrogens (tertiary/aromatic N) is 2. The first-order chi connectivity index (χ1) is 9.12. The number of carbonyl (C=O) groups excluding carboxylic acids is 1. The minimum absolute atomic E-state index is 0.0721. The van der Waals surface area contributed by atoms with Gasteiger partial charge in [-0.1, -0.05) is 19.9 Å². The molecule has 0 aliphatic rings. The zero-order chi connectivity index (χ0) is 14.3. The number of pyridine rings is 1. The van der Waals surface area contributed by atoms with Crippen molar-refractivity contribution in [2.24, 2.45) is 5.92 Å². The molecule has 0 saturated carbocycles. The van der Waals surface area contributed by atoms with Crippen molar-refractivity contribution in [2.75, 3.05) is 18.0 Å². The second-order valence-corrected chi connectivity index (χ2v) is 4.72. The van der Waals surface area contributed by atoms with Crippen LogP contribution in [0, 0.1) is 5.92 Å². The molecule has 0 aromatic carbocycles. The average molecular weight is 263 g/mol. The van der Waals surface area contributed by atoms with E-state index in [2.05, 4.69) is 29.0 Å². The Balaban J connectivity index is 2.55. The quantitative estimate of drug-likeness (QED) is 0.822. The molecule has 1 atom stereocenters. The zero-order valence-electron chi connectivity index (χ0n) is 12.4. The second-order valence-electron chi connectivity index (χ2n) is 4.72. The third-order valence-electron chi connectivity index (χ3n) is 3.42. The molecule has 0 radical (unpaired) electrons. The molecule has 0 unspecified atom stereocenters. The minimum atomic E-state index is 0.0721. The van der Waals surface area contributed by atoms with Crippen molar-refractivity contribution in [3.63, 3.8) is 0 Å². The summed E-state index contributed by atoms with van der Waals surface area (Å²) in [4.78, 5) is 18.3. The van der Waals surface area contributed by atoms with Crippen LogP contribution in [0.25, 0.3) is 0 Å². The summed E-state index contributed by atoms with van der Waals surface area (Å²) in [5.74, 6) is 1.17. The van der Waals surface area contributed by atoms with E-state index in [-0.39, 0.29) is 11.8 Å². The lowest BCUT2D eigenvalue weighted by Gasteiger charge is -2.19. The van der Waals surface area contributed by atoms with E-state index in [1.165, 1.54) is 0 Å². The summed E-state index contributed by atoms with van der Waals surface area (Å²) in [5, 5.41) is 2.93. The van der Waals surface area contributed by atoms with Gasteiger partial charge in [0, 0.05) is 31.7 Å². The van der Waals surface area contributed by atoms with E-state index in [1.54, 1.807) is 0 Å². The summed E-state index contributed by atoms with van der Waals surface area (Å²) >= 11 is 0. The Bertz CT molecular complexity index is 385. The maximum Gasteiger partial charge on any atom is 0.223 e. The molecule has 4 nitrogen and oxygen atoms in total. The predicted molar refractivity (Wildman–Crippen MR) is 79.1 cm³/mol. The molecule has 1 amide bonds. The van der Waals surface area contributed by atoms with Gasteiger partial charge in [-0.05, 0) is 31.9 Å². The Morgan fingerprint density at radius 1 is 1.32 bits per heavy atom. The molecular formula is C15H25N3O. The van der Waals surface area contributed by atoms with Crippen molar-refractivity contribution in [1.82, 2.24) is 10.3 Å². The number of rotatable bonds is 7. The van der Waals surface area contributed by atoms with E-state index in [0.717, 1.165) is 30.9 Å². The van der Waals surface area contributed by atoms with Crippen LogP contribution in [0.15, 0.2) is 18.3 Å². The molecule has 0 spiro atoms. The molecule has 0 aliphatic carbocycles. The van der Waals surface area contributed by atoms with Crippen LogP contribution in [0.5, 0.6) is 0 Å². The highest BCUT2D eigenvalue weighted by molar-refractivity contribution is 5.78. The fourth-order valence-corrected chi connectivity index (χ4v) is 1.80. The molecule has 19 heavy (non-hydrogen) atoms. The number of hydrogen-bond acceptors (Lipinski definition) is 3. The Labute approximate surface area is 116 Å². The molecule has 1 heterocycles. The first kappa shape index (κ1) is 15.5. The topological polar surface area (TPSA) is 45.2 Å². The monoisotopic (exact) mass is 263 g/mol. The maximum absolute atomic E-state index is 11.7. The summed E-state index contributed by atoms with van der Waals surface area (Å²) < 4.78 is 0. The van der Waals surface area contributed by atoms with Crippen LogP contribution in [0.4, 0.5) is 5.82 Å². The third kappa shape index (κ3) is 4.54. The van der Waals surface area contributed by atoms with E-state index in [9.17, 15) is 4.79 Å². The number of hydrogen-bond donors (Lipinski definition) is 1. The lowest BCUT2D eigenvalue weighted by atomic mass is 10.1. The summed E-state index contributed by atoms with van der Waals surface area (Å²) in [6.45, 7) is 10.6. The third-order valence-corrected chi connectivity index (χ3v) is 3.42. The van der Waals surface area contributed by atoms with Crippen molar-refractivity contribution < 1.29 is 4.79 Å². The van der Waals surface area contributed by atoms with Gasteiger partial charge in [0.05, 0.1) is 0 Å². The number of carbonyl (C=O) groups is 1. The van der Waals surface area contributed by atoms with E-state index in [1.807, 2.05) is 32.2 Å². The van der Waals surface area contributed by atoms with Gasteiger partial charge in [-0.2, -0.15) is 0 Å². The lowest BCUT2D eigenvalue weighted by Crippen LogP contribution is -2.28. The standard InChI is InChI=1S/C15H25N3O/c1-5-12(4)15(19)17-11-13-8-9-14(16-10-13)18(6-2)7-3/h8-10,12H,5-7,11H2,1-4H3,(H,17,19)/t12-/m0/s1. The minimum Gasteiger partial charge on any atom is -0.357 e. The van der Waals surface area contributed by atoms with Crippen LogP contribution in [0.1, 0.15) is 39.7 Å². The molecule has 1 rings (SSSR count). The number of aromatic nitrogens is 1. The van der Waals surface area contributed by atoms with Gasteiger partial charge in [0.15, 0.2) is 0 Å². The fraction of sp³-hybridized carbons (Fsp3) is 0.600. The SMILES string of the molecule is CC[C@H](C)C(=O)NCc1ccc(N(CC)CC)nc1. The van der Waals surface area contributed by atoms with Gasteiger partial charge < -0.3 is 10.2 Å². The molecule has 4 heteroatoms. The first-order valence-corrected chi connectivity index (χ1v) is 7.09. The molecule has 0 bridgehead atoms. The molecule has 1 aromatic heterocycles. The fourth-order valence-electron chi connectivity index (χ4n) is 1.80. The second kappa shape index (κ2) is 7.77.